The Kier molecular flexibility index (Phi) is 7.69. The van der Waals surface area contributed by atoms with Gasteiger partial charge >= 0.3 is 12.5 Å². The van der Waals surface area contributed by atoms with Gasteiger partial charge in [-0.05, 0) is 13.3 Å². The minimum Gasteiger partial charge on any atom is -0.454 e. The average Bonchev–Trinajstić information content (AvgIpc) is 3.19. The fraction of sp³-hybridized carbons (Fsp3) is 0.450. The van der Waals surface area contributed by atoms with Crippen molar-refractivity contribution in [1.82, 2.24) is 15.3 Å². The first-order valence-corrected chi connectivity index (χ1v) is 10.0. The molecule has 1 aliphatic rings. The van der Waals surface area contributed by atoms with Crippen molar-refractivity contribution in [3.05, 3.63) is 36.4 Å². The molecule has 8 nitrogen and oxygen atoms in total. The normalized spacial score (nSPS) is 16.4. The Labute approximate surface area is 189 Å². The van der Waals surface area contributed by atoms with Gasteiger partial charge in [-0.25, -0.2) is 9.97 Å². The van der Waals surface area contributed by atoms with Crippen molar-refractivity contribution in [3.8, 4) is 17.2 Å². The fourth-order valence-electron chi connectivity index (χ4n) is 3.22. The lowest BCUT2D eigenvalue weighted by molar-refractivity contribution is -0.274. The number of anilines is 1. The minimum absolute atomic E-state index is 0.102. The van der Waals surface area contributed by atoms with E-state index in [1.807, 2.05) is 0 Å². The molecule has 1 atom stereocenters. The highest BCUT2D eigenvalue weighted by molar-refractivity contribution is 5.77. The van der Waals surface area contributed by atoms with Crippen LogP contribution < -0.4 is 19.7 Å². The second-order valence-electron chi connectivity index (χ2n) is 7.19. The predicted octanol–water partition coefficient (Wildman–Crippen LogP) is 3.92. The number of hydrogen-bond acceptors (Lipinski definition) is 7. The molecule has 1 N–H and O–H groups in total. The van der Waals surface area contributed by atoms with Crippen LogP contribution >= 0.6 is 0 Å². The van der Waals surface area contributed by atoms with Gasteiger partial charge in [0.2, 0.25) is 11.7 Å². The molecule has 0 bridgehead atoms. The first-order chi connectivity index (χ1) is 15.9. The van der Waals surface area contributed by atoms with Crippen molar-refractivity contribution in [1.29, 1.82) is 0 Å². The van der Waals surface area contributed by atoms with Gasteiger partial charge in [0.15, 0.2) is 5.75 Å². The molecular formula is C20H20F6N4O4. The summed E-state index contributed by atoms with van der Waals surface area (Å²) in [5.41, 5.74) is 0.297. The molecule has 1 fully saturated rings. The van der Waals surface area contributed by atoms with Gasteiger partial charge in [0.1, 0.15) is 18.1 Å². The second-order valence-corrected chi connectivity index (χ2v) is 7.19. The number of amides is 1. The highest BCUT2D eigenvalue weighted by atomic mass is 19.4. The lowest BCUT2D eigenvalue weighted by Gasteiger charge is -2.21. The third kappa shape index (κ3) is 7.37. The van der Waals surface area contributed by atoms with Gasteiger partial charge in [0.05, 0.1) is 12.4 Å². The van der Waals surface area contributed by atoms with Crippen molar-refractivity contribution in [2.45, 2.75) is 31.9 Å². The number of aromatic nitrogens is 2. The number of carbonyl (C=O) groups is 1. The van der Waals surface area contributed by atoms with E-state index in [4.69, 9.17) is 9.47 Å². The first kappa shape index (κ1) is 25.3. The zero-order valence-corrected chi connectivity index (χ0v) is 17.7. The van der Waals surface area contributed by atoms with E-state index in [2.05, 4.69) is 20.0 Å². The highest BCUT2D eigenvalue weighted by Crippen LogP contribution is 2.35. The molecule has 0 aliphatic carbocycles. The van der Waals surface area contributed by atoms with Crippen LogP contribution in [-0.2, 0) is 15.7 Å². The summed E-state index contributed by atoms with van der Waals surface area (Å²) in [6, 6.07) is 3.22. The number of hydrogen-bond donors (Lipinski definition) is 1. The molecule has 0 radical (unpaired) electrons. The Bertz CT molecular complexity index is 985. The predicted molar refractivity (Wildman–Crippen MR) is 105 cm³/mol. The third-order valence-electron chi connectivity index (χ3n) is 4.57. The second kappa shape index (κ2) is 10.3. The van der Waals surface area contributed by atoms with Crippen LogP contribution in [-0.4, -0.2) is 54.6 Å². The number of nitrogens with one attached hydrogen (secondary N) is 1. The van der Waals surface area contributed by atoms with Crippen molar-refractivity contribution >= 4 is 11.6 Å². The quantitative estimate of drug-likeness (QED) is 0.557. The molecule has 1 aromatic heterocycles. The van der Waals surface area contributed by atoms with Crippen LogP contribution in [0.4, 0.5) is 32.0 Å². The summed E-state index contributed by atoms with van der Waals surface area (Å²) in [6.07, 6.45) is -7.69. The molecule has 186 valence electrons. The maximum atomic E-state index is 12.8. The molecule has 0 saturated carbocycles. The zero-order valence-electron chi connectivity index (χ0n) is 17.7. The molecule has 1 aromatic carbocycles. The average molecular weight is 494 g/mol. The maximum absolute atomic E-state index is 12.8. The summed E-state index contributed by atoms with van der Waals surface area (Å²) in [5, 5.41) is 2.78. The van der Waals surface area contributed by atoms with Gasteiger partial charge in [-0.15, -0.1) is 13.2 Å². The van der Waals surface area contributed by atoms with E-state index in [-0.39, 0.29) is 30.1 Å². The van der Waals surface area contributed by atoms with Crippen LogP contribution in [0.15, 0.2) is 30.6 Å². The smallest absolute Gasteiger partial charge is 0.454 e. The van der Waals surface area contributed by atoms with Crippen LogP contribution in [0.3, 0.4) is 0 Å². The van der Waals surface area contributed by atoms with Crippen molar-refractivity contribution < 1.29 is 45.3 Å². The van der Waals surface area contributed by atoms with Gasteiger partial charge in [-0.1, -0.05) is 0 Å². The van der Waals surface area contributed by atoms with E-state index < -0.39 is 24.1 Å². The molecule has 1 aliphatic heterocycles. The van der Waals surface area contributed by atoms with Gasteiger partial charge in [-0.2, -0.15) is 13.2 Å². The van der Waals surface area contributed by atoms with Crippen LogP contribution in [0.25, 0.3) is 0 Å². The molecule has 2 aromatic rings. The first-order valence-electron chi connectivity index (χ1n) is 10.0. The van der Waals surface area contributed by atoms with E-state index in [9.17, 15) is 31.1 Å². The number of halogens is 6. The summed E-state index contributed by atoms with van der Waals surface area (Å²) < 4.78 is 90.7. The number of rotatable bonds is 8. The minimum atomic E-state index is -4.98. The largest absolute Gasteiger partial charge is 0.573 e. The van der Waals surface area contributed by atoms with E-state index in [1.54, 1.807) is 11.8 Å². The summed E-state index contributed by atoms with van der Waals surface area (Å²) >= 11 is 0. The SMILES string of the molecule is CCOCC(=O)N[C@H]1CCN(c2cc(Oc3cnc(C(F)(F)F)nc3)cc(OC(F)(F)F)c2)C1. The number of ether oxygens (including phenoxy) is 3. The molecule has 14 heteroatoms. The Morgan fingerprint density at radius 2 is 1.76 bits per heavy atom. The van der Waals surface area contributed by atoms with Crippen molar-refractivity contribution in [3.63, 3.8) is 0 Å². The molecule has 2 heterocycles. The standard InChI is InChI=1S/C20H20F6N4O4/c1-2-32-11-17(31)29-12-3-4-30(10-12)13-5-14(7-15(6-13)34-20(24,25)26)33-16-8-27-18(28-9-16)19(21,22)23/h5-9,12H,2-4,10-11H2,1H3,(H,29,31)/t12-/m0/s1. The van der Waals surface area contributed by atoms with Crippen molar-refractivity contribution in [2.75, 3.05) is 31.2 Å². The summed E-state index contributed by atoms with van der Waals surface area (Å²) in [7, 11) is 0. The van der Waals surface area contributed by atoms with Crippen LogP contribution in [0.2, 0.25) is 0 Å². The van der Waals surface area contributed by atoms with E-state index in [0.29, 0.717) is 31.8 Å². The number of carbonyl (C=O) groups excluding carboxylic acids is 1. The number of alkyl halides is 6. The van der Waals surface area contributed by atoms with Gasteiger partial charge in [0.25, 0.3) is 0 Å². The Balaban J connectivity index is 1.77. The van der Waals surface area contributed by atoms with Gasteiger partial charge < -0.3 is 24.4 Å². The highest BCUT2D eigenvalue weighted by Gasteiger charge is 2.35. The van der Waals surface area contributed by atoms with Gasteiger partial charge in [-0.3, -0.25) is 4.79 Å². The van der Waals surface area contributed by atoms with Crippen LogP contribution in [0.1, 0.15) is 19.2 Å². The molecule has 1 saturated heterocycles. The van der Waals surface area contributed by atoms with E-state index in [0.717, 1.165) is 24.5 Å². The van der Waals surface area contributed by atoms with E-state index >= 15 is 0 Å². The summed E-state index contributed by atoms with van der Waals surface area (Å²) in [4.78, 5) is 19.9. The van der Waals surface area contributed by atoms with Gasteiger partial charge in [0, 0.05) is 49.6 Å². The fourth-order valence-corrected chi connectivity index (χ4v) is 3.22. The maximum Gasteiger partial charge on any atom is 0.573 e. The molecule has 3 rings (SSSR count). The molecule has 1 amide bonds. The van der Waals surface area contributed by atoms with Crippen molar-refractivity contribution in [2.24, 2.45) is 0 Å². The third-order valence-corrected chi connectivity index (χ3v) is 4.57. The number of benzene rings is 1. The monoisotopic (exact) mass is 494 g/mol. The zero-order chi connectivity index (χ0) is 24.9. The number of nitrogens with zero attached hydrogens (tertiary/aromatic N) is 3. The topological polar surface area (TPSA) is 85.8 Å². The summed E-state index contributed by atoms with van der Waals surface area (Å²) in [5.74, 6) is -2.63. The molecule has 34 heavy (non-hydrogen) atoms. The lowest BCUT2D eigenvalue weighted by atomic mass is 10.2. The molecular weight excluding hydrogens is 474 g/mol. The molecule has 0 unspecified atom stereocenters. The Morgan fingerprint density at radius 3 is 2.38 bits per heavy atom. The Morgan fingerprint density at radius 1 is 1.09 bits per heavy atom. The summed E-state index contributed by atoms with van der Waals surface area (Å²) in [6.45, 7) is 2.74. The van der Waals surface area contributed by atoms with Crippen LogP contribution in [0.5, 0.6) is 17.2 Å². The Hall–Kier alpha value is -3.29. The van der Waals surface area contributed by atoms with E-state index in [1.165, 1.54) is 6.07 Å². The lowest BCUT2D eigenvalue weighted by Crippen LogP contribution is -2.39. The molecule has 0 spiro atoms. The van der Waals surface area contributed by atoms with Crippen LogP contribution in [0, 0.1) is 0 Å².